The first-order valence-corrected chi connectivity index (χ1v) is 14.5. The first-order chi connectivity index (χ1) is 21.7. The van der Waals surface area contributed by atoms with Crippen molar-refractivity contribution in [1.29, 1.82) is 0 Å². The van der Waals surface area contributed by atoms with Crippen LogP contribution in [0.5, 0.6) is 11.5 Å². The molecule has 45 heavy (non-hydrogen) atoms. The number of carbonyl (C=O) groups is 3. The number of halogens is 2. The summed E-state index contributed by atoms with van der Waals surface area (Å²) in [7, 11) is 1.39. The third-order valence-electron chi connectivity index (χ3n) is 7.49. The molecule has 2 aromatic carbocycles. The maximum Gasteiger partial charge on any atom is 0.323 e. The second-order valence-electron chi connectivity index (χ2n) is 10.7. The number of H-pyrrole nitrogens is 1. The molecule has 3 heterocycles. The Hall–Kier alpha value is -5.10. The summed E-state index contributed by atoms with van der Waals surface area (Å²) in [4.78, 5) is 46.8. The van der Waals surface area contributed by atoms with Crippen molar-refractivity contribution in [2.24, 2.45) is 0 Å². The lowest BCUT2D eigenvalue weighted by Crippen LogP contribution is -2.38. The molecule has 4 aromatic rings. The number of aromatic amines is 1. The van der Waals surface area contributed by atoms with Gasteiger partial charge in [-0.2, -0.15) is 0 Å². The van der Waals surface area contributed by atoms with Crippen molar-refractivity contribution in [2.75, 3.05) is 32.1 Å². The Labute approximate surface area is 258 Å². The fourth-order valence-electron chi connectivity index (χ4n) is 5.16. The van der Waals surface area contributed by atoms with Gasteiger partial charge in [-0.05, 0) is 80.8 Å². The van der Waals surface area contributed by atoms with Crippen molar-refractivity contribution >= 4 is 23.5 Å². The number of methoxy groups -OCH3 is 1. The lowest BCUT2D eigenvalue weighted by atomic mass is 10.1. The number of nitrogens with one attached hydrogen (secondary N) is 3. The number of carbonyl (C=O) groups excluding carboxylic acids is 3. The zero-order valence-electron chi connectivity index (χ0n) is 24.9. The number of benzene rings is 2. The molecule has 0 saturated carbocycles. The number of aromatic nitrogens is 2. The van der Waals surface area contributed by atoms with Gasteiger partial charge in [-0.1, -0.05) is 6.07 Å². The second-order valence-corrected chi connectivity index (χ2v) is 10.7. The van der Waals surface area contributed by atoms with Crippen molar-refractivity contribution < 1.29 is 32.6 Å². The summed E-state index contributed by atoms with van der Waals surface area (Å²) < 4.78 is 39.4. The quantitative estimate of drug-likeness (QED) is 0.151. The smallest absolute Gasteiger partial charge is 0.323 e. The van der Waals surface area contributed by atoms with Crippen LogP contribution in [0, 0.1) is 18.6 Å². The van der Waals surface area contributed by atoms with Gasteiger partial charge in [-0.3, -0.25) is 24.3 Å². The first-order valence-electron chi connectivity index (χ1n) is 14.5. The van der Waals surface area contributed by atoms with Gasteiger partial charge in [0, 0.05) is 37.1 Å². The van der Waals surface area contributed by atoms with Gasteiger partial charge >= 0.3 is 5.97 Å². The third kappa shape index (κ3) is 7.71. The normalized spacial score (nSPS) is 14.6. The standard InChI is InChI=1S/C33H33F2N5O5/c1-20-6-8-24(34)26(15-20)39-32(42)21-7-9-25(35)30(17-21)45-23-10-12-36-28(18-23)27-16-22(19-38-27)31(41)37-11-4-14-40-13-3-5-29(40)33(43)44-2/h6-10,12,15-19,29,38H,3-5,11,13-14H2,1-2H3,(H,37,41)(H,39,42). The number of aryl methyl sites for hydroxylation is 1. The van der Waals surface area contributed by atoms with E-state index in [1.165, 1.54) is 43.6 Å². The topological polar surface area (TPSA) is 126 Å². The Morgan fingerprint density at radius 2 is 1.84 bits per heavy atom. The highest BCUT2D eigenvalue weighted by Gasteiger charge is 2.30. The molecule has 0 spiro atoms. The molecule has 0 aliphatic carbocycles. The van der Waals surface area contributed by atoms with E-state index in [9.17, 15) is 23.2 Å². The summed E-state index contributed by atoms with van der Waals surface area (Å²) in [6.07, 6.45) is 5.43. The van der Waals surface area contributed by atoms with Crippen molar-refractivity contribution in [1.82, 2.24) is 20.2 Å². The minimum Gasteiger partial charge on any atom is -0.468 e. The predicted molar refractivity (Wildman–Crippen MR) is 163 cm³/mol. The summed E-state index contributed by atoms with van der Waals surface area (Å²) in [5, 5.41) is 5.39. The van der Waals surface area contributed by atoms with Crippen LogP contribution in [-0.2, 0) is 9.53 Å². The minimum atomic E-state index is -0.698. The molecule has 0 radical (unpaired) electrons. The van der Waals surface area contributed by atoms with Crippen LogP contribution in [-0.4, -0.2) is 65.4 Å². The van der Waals surface area contributed by atoms with Crippen LogP contribution in [0.2, 0.25) is 0 Å². The van der Waals surface area contributed by atoms with E-state index in [-0.39, 0.29) is 40.7 Å². The Morgan fingerprint density at radius 3 is 2.67 bits per heavy atom. The molecule has 1 saturated heterocycles. The van der Waals surface area contributed by atoms with Gasteiger partial charge in [-0.25, -0.2) is 8.78 Å². The predicted octanol–water partition coefficient (Wildman–Crippen LogP) is 5.47. The SMILES string of the molecule is COC(=O)C1CCCN1CCCNC(=O)c1c[nH]c(-c2cc(Oc3cc(C(=O)Nc4cc(C)ccc4F)ccc3F)ccn2)c1. The van der Waals surface area contributed by atoms with E-state index in [2.05, 4.69) is 25.5 Å². The number of esters is 1. The van der Waals surface area contributed by atoms with E-state index in [1.54, 1.807) is 31.3 Å². The average Bonchev–Trinajstić information content (AvgIpc) is 3.72. The third-order valence-corrected chi connectivity index (χ3v) is 7.49. The van der Waals surface area contributed by atoms with Crippen molar-refractivity contribution in [3.8, 4) is 22.9 Å². The van der Waals surface area contributed by atoms with Gasteiger partial charge in [0.25, 0.3) is 11.8 Å². The monoisotopic (exact) mass is 617 g/mol. The highest BCUT2D eigenvalue weighted by atomic mass is 19.1. The van der Waals surface area contributed by atoms with Gasteiger partial charge in [0.05, 0.1) is 29.7 Å². The molecule has 1 fully saturated rings. The molecule has 1 aliphatic rings. The fourth-order valence-corrected chi connectivity index (χ4v) is 5.16. The van der Waals surface area contributed by atoms with Crippen LogP contribution in [0.25, 0.3) is 11.4 Å². The first kappa shape index (κ1) is 31.3. The zero-order valence-corrected chi connectivity index (χ0v) is 24.9. The Kier molecular flexibility index (Phi) is 9.83. The number of pyridine rings is 1. The molecular weight excluding hydrogens is 584 g/mol. The summed E-state index contributed by atoms with van der Waals surface area (Å²) in [6, 6.07) is 12.5. The molecule has 2 aromatic heterocycles. The average molecular weight is 618 g/mol. The second kappa shape index (κ2) is 14.1. The number of ether oxygens (including phenoxy) is 2. The molecule has 2 amide bonds. The van der Waals surface area contributed by atoms with Crippen LogP contribution >= 0.6 is 0 Å². The summed E-state index contributed by atoms with van der Waals surface area (Å²) in [5.41, 5.74) is 2.24. The molecule has 1 atom stereocenters. The highest BCUT2D eigenvalue weighted by molar-refractivity contribution is 6.04. The van der Waals surface area contributed by atoms with Crippen LogP contribution in [0.1, 0.15) is 45.5 Å². The van der Waals surface area contributed by atoms with E-state index in [0.717, 1.165) is 31.0 Å². The lowest BCUT2D eigenvalue weighted by Gasteiger charge is -2.22. The minimum absolute atomic E-state index is 0.0143. The number of hydrogen-bond acceptors (Lipinski definition) is 7. The molecule has 5 rings (SSSR count). The Bertz CT molecular complexity index is 1710. The number of anilines is 1. The van der Waals surface area contributed by atoms with Crippen molar-refractivity contribution in [3.05, 3.63) is 95.3 Å². The summed E-state index contributed by atoms with van der Waals surface area (Å²) >= 11 is 0. The molecule has 10 nitrogen and oxygen atoms in total. The zero-order chi connectivity index (χ0) is 31.9. The maximum atomic E-state index is 14.7. The van der Waals surface area contributed by atoms with Gasteiger partial charge < -0.3 is 25.1 Å². The van der Waals surface area contributed by atoms with Crippen LogP contribution in [0.4, 0.5) is 14.5 Å². The summed E-state index contributed by atoms with van der Waals surface area (Å²) in [5.74, 6) is -2.36. The van der Waals surface area contributed by atoms with Gasteiger partial charge in [-0.15, -0.1) is 0 Å². The van der Waals surface area contributed by atoms with Gasteiger partial charge in [0.15, 0.2) is 11.6 Å². The number of nitrogens with zero attached hydrogens (tertiary/aromatic N) is 2. The Balaban J connectivity index is 1.19. The van der Waals surface area contributed by atoms with E-state index in [0.29, 0.717) is 36.5 Å². The van der Waals surface area contributed by atoms with E-state index in [1.807, 2.05) is 0 Å². The lowest BCUT2D eigenvalue weighted by molar-refractivity contribution is -0.145. The van der Waals surface area contributed by atoms with Gasteiger partial charge in [0.1, 0.15) is 17.6 Å². The molecule has 1 aliphatic heterocycles. The highest BCUT2D eigenvalue weighted by Crippen LogP contribution is 2.29. The number of likely N-dealkylation sites (tertiary alicyclic amines) is 1. The van der Waals surface area contributed by atoms with Crippen LogP contribution < -0.4 is 15.4 Å². The van der Waals surface area contributed by atoms with Crippen molar-refractivity contribution in [2.45, 2.75) is 32.2 Å². The molecular formula is C33H33F2N5O5. The van der Waals surface area contributed by atoms with Crippen molar-refractivity contribution in [3.63, 3.8) is 0 Å². The summed E-state index contributed by atoms with van der Waals surface area (Å²) in [6.45, 7) is 3.71. The molecule has 12 heteroatoms. The maximum absolute atomic E-state index is 14.7. The molecule has 0 bridgehead atoms. The van der Waals surface area contributed by atoms with E-state index >= 15 is 0 Å². The fraction of sp³-hybridized carbons (Fsp3) is 0.273. The molecule has 3 N–H and O–H groups in total. The molecule has 1 unspecified atom stereocenters. The van der Waals surface area contributed by atoms with E-state index < -0.39 is 17.5 Å². The van der Waals surface area contributed by atoms with E-state index in [4.69, 9.17) is 9.47 Å². The van der Waals surface area contributed by atoms with Crippen LogP contribution in [0.15, 0.2) is 67.0 Å². The van der Waals surface area contributed by atoms with Gasteiger partial charge in [0.2, 0.25) is 0 Å². The number of rotatable bonds is 11. The Morgan fingerprint density at radius 1 is 1.02 bits per heavy atom. The largest absolute Gasteiger partial charge is 0.468 e. The molecule has 234 valence electrons. The number of hydrogen-bond donors (Lipinski definition) is 3. The van der Waals surface area contributed by atoms with Crippen LogP contribution in [0.3, 0.4) is 0 Å². The number of amides is 2.